The summed E-state index contributed by atoms with van der Waals surface area (Å²) in [5.41, 5.74) is 8.28. The Bertz CT molecular complexity index is 442. The first-order chi connectivity index (χ1) is 9.20. The number of nitrogens with two attached hydrogens (primary N) is 1. The molecule has 5 heteroatoms. The number of nitrogens with one attached hydrogen (secondary N) is 1. The summed E-state index contributed by atoms with van der Waals surface area (Å²) >= 11 is 0. The number of amides is 1. The van der Waals surface area contributed by atoms with E-state index in [-0.39, 0.29) is 5.91 Å². The molecule has 19 heavy (non-hydrogen) atoms. The van der Waals surface area contributed by atoms with Crippen LogP contribution >= 0.6 is 0 Å². The quantitative estimate of drug-likeness (QED) is 0.813. The van der Waals surface area contributed by atoms with Crippen molar-refractivity contribution in [2.45, 2.75) is 19.8 Å². The molecule has 1 heterocycles. The number of rotatable bonds is 4. The molecule has 1 saturated heterocycles. The zero-order chi connectivity index (χ0) is 13.7. The molecule has 0 spiro atoms. The molecule has 0 saturated carbocycles. The van der Waals surface area contributed by atoms with Crippen LogP contribution in [0.25, 0.3) is 0 Å². The van der Waals surface area contributed by atoms with Crippen LogP contribution < -0.4 is 16.0 Å². The lowest BCUT2D eigenvalue weighted by molar-refractivity contribution is -0.116. The van der Waals surface area contributed by atoms with E-state index >= 15 is 0 Å². The van der Waals surface area contributed by atoms with E-state index in [1.54, 1.807) is 0 Å². The van der Waals surface area contributed by atoms with Gasteiger partial charge >= 0.3 is 0 Å². The van der Waals surface area contributed by atoms with Gasteiger partial charge in [-0.1, -0.05) is 6.92 Å². The van der Waals surface area contributed by atoms with Crippen molar-refractivity contribution in [1.82, 2.24) is 0 Å². The Balaban J connectivity index is 2.19. The van der Waals surface area contributed by atoms with E-state index in [0.717, 1.165) is 30.9 Å². The van der Waals surface area contributed by atoms with Gasteiger partial charge in [0.15, 0.2) is 0 Å². The molecule has 1 aromatic carbocycles. The van der Waals surface area contributed by atoms with Gasteiger partial charge in [-0.15, -0.1) is 0 Å². The van der Waals surface area contributed by atoms with Crippen molar-refractivity contribution in [2.75, 3.05) is 42.3 Å². The van der Waals surface area contributed by atoms with Crippen LogP contribution in [0.4, 0.5) is 17.1 Å². The van der Waals surface area contributed by atoms with Crippen LogP contribution in [0.5, 0.6) is 0 Å². The summed E-state index contributed by atoms with van der Waals surface area (Å²) in [5.74, 6) is 0.0302. The summed E-state index contributed by atoms with van der Waals surface area (Å²) in [6.45, 7) is 5.09. The summed E-state index contributed by atoms with van der Waals surface area (Å²) in [6.07, 6.45) is 1.36. The first-order valence-electron chi connectivity index (χ1n) is 6.72. The summed E-state index contributed by atoms with van der Waals surface area (Å²) in [6, 6.07) is 5.64. The van der Waals surface area contributed by atoms with Gasteiger partial charge in [0.05, 0.1) is 24.6 Å². The van der Waals surface area contributed by atoms with E-state index < -0.39 is 0 Å². The highest BCUT2D eigenvalue weighted by molar-refractivity contribution is 5.95. The largest absolute Gasteiger partial charge is 0.399 e. The fourth-order valence-electron chi connectivity index (χ4n) is 2.17. The van der Waals surface area contributed by atoms with Crippen LogP contribution in [0, 0.1) is 0 Å². The van der Waals surface area contributed by atoms with Gasteiger partial charge in [0, 0.05) is 25.2 Å². The molecule has 5 nitrogen and oxygen atoms in total. The fourth-order valence-corrected chi connectivity index (χ4v) is 2.17. The van der Waals surface area contributed by atoms with Crippen LogP contribution in [0.1, 0.15) is 19.8 Å². The second-order valence-corrected chi connectivity index (χ2v) is 4.67. The van der Waals surface area contributed by atoms with Gasteiger partial charge in [0.2, 0.25) is 5.91 Å². The maximum Gasteiger partial charge on any atom is 0.224 e. The molecule has 0 aliphatic carbocycles. The number of anilines is 3. The molecular formula is C14H21N3O2. The summed E-state index contributed by atoms with van der Waals surface area (Å²) < 4.78 is 5.35. The van der Waals surface area contributed by atoms with Crippen LogP contribution in [0.2, 0.25) is 0 Å². The van der Waals surface area contributed by atoms with Gasteiger partial charge in [-0.25, -0.2) is 0 Å². The number of benzene rings is 1. The van der Waals surface area contributed by atoms with Gasteiger partial charge in [-0.2, -0.15) is 0 Å². The number of hydrogen-bond acceptors (Lipinski definition) is 4. The lowest BCUT2D eigenvalue weighted by Crippen LogP contribution is -2.36. The predicted molar refractivity (Wildman–Crippen MR) is 77.4 cm³/mol. The van der Waals surface area contributed by atoms with E-state index in [4.69, 9.17) is 10.5 Å². The summed E-state index contributed by atoms with van der Waals surface area (Å²) in [4.78, 5) is 14.0. The minimum Gasteiger partial charge on any atom is -0.399 e. The molecule has 2 rings (SSSR count). The van der Waals surface area contributed by atoms with E-state index in [0.29, 0.717) is 25.3 Å². The van der Waals surface area contributed by atoms with E-state index in [1.165, 1.54) is 0 Å². The highest BCUT2D eigenvalue weighted by Crippen LogP contribution is 2.29. The topological polar surface area (TPSA) is 67.6 Å². The zero-order valence-electron chi connectivity index (χ0n) is 11.3. The van der Waals surface area contributed by atoms with E-state index in [2.05, 4.69) is 10.2 Å². The van der Waals surface area contributed by atoms with Crippen molar-refractivity contribution in [1.29, 1.82) is 0 Å². The van der Waals surface area contributed by atoms with Crippen molar-refractivity contribution in [3.8, 4) is 0 Å². The number of hydrogen-bond donors (Lipinski definition) is 2. The number of nitrogen functional groups attached to an aromatic ring is 1. The lowest BCUT2D eigenvalue weighted by atomic mass is 10.2. The minimum atomic E-state index is 0.0302. The maximum absolute atomic E-state index is 11.8. The van der Waals surface area contributed by atoms with Crippen LogP contribution in [0.3, 0.4) is 0 Å². The third-order valence-electron chi connectivity index (χ3n) is 3.12. The standard InChI is InChI=1S/C14H21N3O2/c1-2-3-14(18)16-12-10-11(15)4-5-13(12)17-6-8-19-9-7-17/h4-5,10H,2-3,6-9,15H2,1H3,(H,16,18). The molecule has 1 aliphatic rings. The monoisotopic (exact) mass is 263 g/mol. The molecular weight excluding hydrogens is 242 g/mol. The van der Waals surface area contributed by atoms with Gasteiger partial charge in [0.25, 0.3) is 0 Å². The van der Waals surface area contributed by atoms with Crippen molar-refractivity contribution < 1.29 is 9.53 Å². The van der Waals surface area contributed by atoms with Crippen molar-refractivity contribution in [2.24, 2.45) is 0 Å². The Hall–Kier alpha value is -1.75. The second kappa shape index (κ2) is 6.43. The zero-order valence-corrected chi connectivity index (χ0v) is 11.3. The lowest BCUT2D eigenvalue weighted by Gasteiger charge is -2.30. The average Bonchev–Trinajstić information content (AvgIpc) is 2.40. The fraction of sp³-hybridized carbons (Fsp3) is 0.500. The smallest absolute Gasteiger partial charge is 0.224 e. The van der Waals surface area contributed by atoms with Gasteiger partial charge < -0.3 is 20.7 Å². The summed E-state index contributed by atoms with van der Waals surface area (Å²) in [5, 5.41) is 2.95. The van der Waals surface area contributed by atoms with Gasteiger partial charge in [0.1, 0.15) is 0 Å². The molecule has 0 radical (unpaired) electrons. The molecule has 104 valence electrons. The Morgan fingerprint density at radius 2 is 2.16 bits per heavy atom. The molecule has 1 aromatic rings. The molecule has 0 aromatic heterocycles. The Labute approximate surface area is 113 Å². The van der Waals surface area contributed by atoms with Crippen molar-refractivity contribution in [3.63, 3.8) is 0 Å². The molecule has 3 N–H and O–H groups in total. The first kappa shape index (κ1) is 13.7. The normalized spacial score (nSPS) is 15.3. The Kier molecular flexibility index (Phi) is 4.63. The Morgan fingerprint density at radius 1 is 1.42 bits per heavy atom. The number of carbonyl (C=O) groups is 1. The minimum absolute atomic E-state index is 0.0302. The third kappa shape index (κ3) is 3.61. The van der Waals surface area contributed by atoms with E-state index in [1.807, 2.05) is 25.1 Å². The summed E-state index contributed by atoms with van der Waals surface area (Å²) in [7, 11) is 0. The molecule has 0 bridgehead atoms. The highest BCUT2D eigenvalue weighted by Gasteiger charge is 2.16. The number of carbonyl (C=O) groups excluding carboxylic acids is 1. The number of morpholine rings is 1. The van der Waals surface area contributed by atoms with Crippen LogP contribution in [0.15, 0.2) is 18.2 Å². The van der Waals surface area contributed by atoms with Crippen LogP contribution in [-0.2, 0) is 9.53 Å². The van der Waals surface area contributed by atoms with Crippen molar-refractivity contribution >= 4 is 23.0 Å². The van der Waals surface area contributed by atoms with Crippen LogP contribution in [-0.4, -0.2) is 32.2 Å². The molecule has 1 fully saturated rings. The number of ether oxygens (including phenoxy) is 1. The average molecular weight is 263 g/mol. The van der Waals surface area contributed by atoms with E-state index in [9.17, 15) is 4.79 Å². The second-order valence-electron chi connectivity index (χ2n) is 4.67. The third-order valence-corrected chi connectivity index (χ3v) is 3.12. The maximum atomic E-state index is 11.8. The molecule has 1 aliphatic heterocycles. The first-order valence-corrected chi connectivity index (χ1v) is 6.72. The number of nitrogens with zero attached hydrogens (tertiary/aromatic N) is 1. The SMILES string of the molecule is CCCC(=O)Nc1cc(N)ccc1N1CCOCC1. The predicted octanol–water partition coefficient (Wildman–Crippen LogP) is 1.84. The van der Waals surface area contributed by atoms with Gasteiger partial charge in [-0.3, -0.25) is 4.79 Å². The Morgan fingerprint density at radius 3 is 2.84 bits per heavy atom. The van der Waals surface area contributed by atoms with Gasteiger partial charge in [-0.05, 0) is 24.6 Å². The molecule has 0 atom stereocenters. The highest BCUT2D eigenvalue weighted by atomic mass is 16.5. The molecule has 0 unspecified atom stereocenters. The molecule has 1 amide bonds. The van der Waals surface area contributed by atoms with Crippen molar-refractivity contribution in [3.05, 3.63) is 18.2 Å².